The molecule has 0 aliphatic rings. The summed E-state index contributed by atoms with van der Waals surface area (Å²) in [5.41, 5.74) is 2.13. The van der Waals surface area contributed by atoms with Gasteiger partial charge in [-0.15, -0.1) is 0 Å². The van der Waals surface area contributed by atoms with Crippen LogP contribution in [0.5, 0.6) is 5.75 Å². The first-order valence-electron chi connectivity index (χ1n) is 9.00. The molecule has 0 heterocycles. The molecule has 26 heavy (non-hydrogen) atoms. The van der Waals surface area contributed by atoms with Gasteiger partial charge in [0.15, 0.2) is 11.6 Å². The standard InChI is InChI=1S/C22H27NO3/c1-14(2)21(25)20(23-15(3)4)13-16-5-7-17(8-6-16)22(26)18-9-11-19(24)12-10-18/h5-12,14-15,20,23-24H,13H2,1-4H3. The van der Waals surface area contributed by atoms with E-state index in [0.717, 1.165) is 5.56 Å². The van der Waals surface area contributed by atoms with Crippen molar-refractivity contribution in [2.75, 3.05) is 0 Å². The highest BCUT2D eigenvalue weighted by atomic mass is 16.3. The lowest BCUT2D eigenvalue weighted by molar-refractivity contribution is -0.124. The van der Waals surface area contributed by atoms with Crippen LogP contribution in [0, 0.1) is 5.92 Å². The highest BCUT2D eigenvalue weighted by molar-refractivity contribution is 6.09. The average Bonchev–Trinajstić information content (AvgIpc) is 2.60. The predicted octanol–water partition coefficient (Wildman–Crippen LogP) is 3.76. The first kappa shape index (κ1) is 19.9. The van der Waals surface area contributed by atoms with Crippen LogP contribution in [0.3, 0.4) is 0 Å². The van der Waals surface area contributed by atoms with E-state index in [1.54, 1.807) is 24.3 Å². The summed E-state index contributed by atoms with van der Waals surface area (Å²) in [4.78, 5) is 24.9. The van der Waals surface area contributed by atoms with Gasteiger partial charge in [0.05, 0.1) is 6.04 Å². The van der Waals surface area contributed by atoms with Crippen molar-refractivity contribution in [3.63, 3.8) is 0 Å². The Morgan fingerprint density at radius 1 is 0.885 bits per heavy atom. The van der Waals surface area contributed by atoms with E-state index in [1.165, 1.54) is 12.1 Å². The summed E-state index contributed by atoms with van der Waals surface area (Å²) in [6.45, 7) is 7.88. The van der Waals surface area contributed by atoms with Crippen molar-refractivity contribution >= 4 is 11.6 Å². The molecular formula is C22H27NO3. The molecule has 4 heteroatoms. The van der Waals surface area contributed by atoms with Crippen molar-refractivity contribution in [1.29, 1.82) is 0 Å². The average molecular weight is 353 g/mol. The lowest BCUT2D eigenvalue weighted by Gasteiger charge is -2.22. The smallest absolute Gasteiger partial charge is 0.193 e. The molecule has 0 aromatic heterocycles. The van der Waals surface area contributed by atoms with Gasteiger partial charge in [-0.1, -0.05) is 52.0 Å². The largest absolute Gasteiger partial charge is 0.508 e. The predicted molar refractivity (Wildman–Crippen MR) is 104 cm³/mol. The second-order valence-electron chi connectivity index (χ2n) is 7.21. The molecule has 4 nitrogen and oxygen atoms in total. The zero-order valence-electron chi connectivity index (χ0n) is 15.8. The number of nitrogens with one attached hydrogen (secondary N) is 1. The fraction of sp³-hybridized carbons (Fsp3) is 0.364. The Bertz CT molecular complexity index is 746. The Hall–Kier alpha value is -2.46. The number of phenolic OH excluding ortho intramolecular Hbond substituents is 1. The van der Waals surface area contributed by atoms with E-state index < -0.39 is 0 Å². The number of Topliss-reactive ketones (excluding diaryl/α,β-unsaturated/α-hetero) is 1. The highest BCUT2D eigenvalue weighted by Gasteiger charge is 2.22. The van der Waals surface area contributed by atoms with Gasteiger partial charge in [-0.2, -0.15) is 0 Å². The first-order valence-corrected chi connectivity index (χ1v) is 9.00. The van der Waals surface area contributed by atoms with Gasteiger partial charge in [0, 0.05) is 23.1 Å². The second kappa shape index (κ2) is 8.77. The molecule has 0 bridgehead atoms. The van der Waals surface area contributed by atoms with Crippen molar-refractivity contribution < 1.29 is 14.7 Å². The van der Waals surface area contributed by atoms with E-state index in [1.807, 2.05) is 39.8 Å². The third-order valence-corrected chi connectivity index (χ3v) is 4.23. The van der Waals surface area contributed by atoms with Gasteiger partial charge >= 0.3 is 0 Å². The van der Waals surface area contributed by atoms with Crippen LogP contribution in [0.25, 0.3) is 0 Å². The Morgan fingerprint density at radius 2 is 1.38 bits per heavy atom. The molecule has 0 aliphatic carbocycles. The Kier molecular flexibility index (Phi) is 6.70. The maximum absolute atomic E-state index is 12.5. The molecule has 2 aromatic carbocycles. The number of hydrogen-bond donors (Lipinski definition) is 2. The van der Waals surface area contributed by atoms with Crippen LogP contribution in [0.15, 0.2) is 48.5 Å². The van der Waals surface area contributed by atoms with Crippen LogP contribution in [0.4, 0.5) is 0 Å². The van der Waals surface area contributed by atoms with Gasteiger partial charge in [0.2, 0.25) is 0 Å². The normalized spacial score (nSPS) is 12.4. The number of rotatable bonds is 8. The lowest BCUT2D eigenvalue weighted by atomic mass is 9.94. The number of carbonyl (C=O) groups is 2. The molecule has 2 N–H and O–H groups in total. The molecule has 0 spiro atoms. The molecule has 0 radical (unpaired) electrons. The van der Waals surface area contributed by atoms with Gasteiger partial charge in [-0.25, -0.2) is 0 Å². The SMILES string of the molecule is CC(C)NC(Cc1ccc(C(=O)c2ccc(O)cc2)cc1)C(=O)C(C)C. The van der Waals surface area contributed by atoms with Crippen LogP contribution in [-0.4, -0.2) is 28.8 Å². The van der Waals surface area contributed by atoms with Crippen molar-refractivity contribution in [2.24, 2.45) is 5.92 Å². The Labute approximate surface area is 155 Å². The fourth-order valence-electron chi connectivity index (χ4n) is 2.85. The number of hydrogen-bond acceptors (Lipinski definition) is 4. The number of ketones is 2. The van der Waals surface area contributed by atoms with E-state index in [2.05, 4.69) is 5.32 Å². The van der Waals surface area contributed by atoms with Crippen molar-refractivity contribution in [3.8, 4) is 5.75 Å². The molecule has 1 atom stereocenters. The van der Waals surface area contributed by atoms with Gasteiger partial charge in [-0.05, 0) is 36.2 Å². The highest BCUT2D eigenvalue weighted by Crippen LogP contribution is 2.16. The second-order valence-corrected chi connectivity index (χ2v) is 7.21. The summed E-state index contributed by atoms with van der Waals surface area (Å²) < 4.78 is 0. The summed E-state index contributed by atoms with van der Waals surface area (Å²) >= 11 is 0. The Morgan fingerprint density at radius 3 is 1.85 bits per heavy atom. The third kappa shape index (κ3) is 5.27. The molecule has 0 fully saturated rings. The molecule has 2 aromatic rings. The number of benzene rings is 2. The van der Waals surface area contributed by atoms with Crippen molar-refractivity contribution in [1.82, 2.24) is 5.32 Å². The van der Waals surface area contributed by atoms with Gasteiger partial charge in [0.1, 0.15) is 5.75 Å². The molecular weight excluding hydrogens is 326 g/mol. The summed E-state index contributed by atoms with van der Waals surface area (Å²) in [6.07, 6.45) is 0.600. The number of phenols is 1. The van der Waals surface area contributed by atoms with Crippen LogP contribution in [-0.2, 0) is 11.2 Å². The van der Waals surface area contributed by atoms with Crippen LogP contribution in [0.2, 0.25) is 0 Å². The summed E-state index contributed by atoms with van der Waals surface area (Å²) in [5, 5.41) is 12.7. The van der Waals surface area contributed by atoms with Crippen molar-refractivity contribution in [2.45, 2.75) is 46.2 Å². The maximum atomic E-state index is 12.5. The topological polar surface area (TPSA) is 66.4 Å². The minimum absolute atomic E-state index is 0.0263. The van der Waals surface area contributed by atoms with Crippen LogP contribution in [0.1, 0.15) is 49.2 Å². The summed E-state index contributed by atoms with van der Waals surface area (Å²) in [6, 6.07) is 13.6. The van der Waals surface area contributed by atoms with E-state index in [0.29, 0.717) is 17.5 Å². The summed E-state index contributed by atoms with van der Waals surface area (Å²) in [7, 11) is 0. The van der Waals surface area contributed by atoms with E-state index in [-0.39, 0.29) is 35.3 Å². The fourth-order valence-corrected chi connectivity index (χ4v) is 2.85. The molecule has 0 amide bonds. The van der Waals surface area contributed by atoms with Gasteiger partial charge < -0.3 is 10.4 Å². The quantitative estimate of drug-likeness (QED) is 0.709. The van der Waals surface area contributed by atoms with Crippen LogP contribution >= 0.6 is 0 Å². The van der Waals surface area contributed by atoms with Crippen molar-refractivity contribution in [3.05, 3.63) is 65.2 Å². The molecule has 0 saturated heterocycles. The lowest BCUT2D eigenvalue weighted by Crippen LogP contribution is -2.44. The van der Waals surface area contributed by atoms with E-state index in [9.17, 15) is 14.7 Å². The molecule has 138 valence electrons. The first-order chi connectivity index (χ1) is 12.3. The number of carbonyl (C=O) groups excluding carboxylic acids is 2. The van der Waals surface area contributed by atoms with Gasteiger partial charge in [-0.3, -0.25) is 9.59 Å². The molecule has 0 aliphatic heterocycles. The Balaban J connectivity index is 2.13. The summed E-state index contributed by atoms with van der Waals surface area (Å²) in [5.74, 6) is 0.214. The zero-order chi connectivity index (χ0) is 19.3. The van der Waals surface area contributed by atoms with E-state index >= 15 is 0 Å². The number of aromatic hydroxyl groups is 1. The zero-order valence-corrected chi connectivity index (χ0v) is 15.8. The third-order valence-electron chi connectivity index (χ3n) is 4.23. The molecule has 2 rings (SSSR count). The van der Waals surface area contributed by atoms with E-state index in [4.69, 9.17) is 0 Å². The monoisotopic (exact) mass is 353 g/mol. The minimum atomic E-state index is -0.228. The molecule has 0 saturated carbocycles. The minimum Gasteiger partial charge on any atom is -0.508 e. The molecule has 1 unspecified atom stereocenters. The van der Waals surface area contributed by atoms with Crippen LogP contribution < -0.4 is 5.32 Å². The maximum Gasteiger partial charge on any atom is 0.193 e. The van der Waals surface area contributed by atoms with Gasteiger partial charge in [0.25, 0.3) is 0 Å².